The fraction of sp³-hybridized carbons (Fsp3) is 0.107. The highest BCUT2D eigenvalue weighted by Crippen LogP contribution is 2.43. The van der Waals surface area contributed by atoms with Crippen molar-refractivity contribution in [2.24, 2.45) is 0 Å². The Hall–Kier alpha value is -7.30. The number of aromatic nitrogens is 1. The molecule has 0 aliphatic carbocycles. The van der Waals surface area contributed by atoms with Crippen LogP contribution in [0.15, 0.2) is 158 Å². The van der Waals surface area contributed by atoms with E-state index in [0.29, 0.717) is 22.5 Å². The fourth-order valence-electron chi connectivity index (χ4n) is 9.89. The second-order valence-electron chi connectivity index (χ2n) is 16.5. The maximum absolute atomic E-state index is 15.1. The van der Waals surface area contributed by atoms with Gasteiger partial charge in [0.25, 0.3) is 11.8 Å². The van der Waals surface area contributed by atoms with Crippen molar-refractivity contribution in [2.45, 2.75) is 41.5 Å². The Bertz CT molecular complexity index is 3030. The third-order valence-corrected chi connectivity index (χ3v) is 12.2. The van der Waals surface area contributed by atoms with Crippen LogP contribution in [0.5, 0.6) is 0 Å². The van der Waals surface area contributed by atoms with Gasteiger partial charge < -0.3 is 4.57 Å². The quantitative estimate of drug-likeness (QED) is 0.158. The second-order valence-corrected chi connectivity index (χ2v) is 16.5. The van der Waals surface area contributed by atoms with Crippen molar-refractivity contribution in [2.75, 3.05) is 4.90 Å². The lowest BCUT2D eigenvalue weighted by molar-refractivity contribution is 0.0926. The van der Waals surface area contributed by atoms with Gasteiger partial charge in [0.1, 0.15) is 0 Å². The molecule has 10 rings (SSSR count). The number of hydrogen-bond donors (Lipinski definition) is 0. The molecular formula is C56H44N2O2. The molecule has 2 amide bonds. The molecule has 1 aliphatic rings. The predicted octanol–water partition coefficient (Wildman–Crippen LogP) is 14.1. The van der Waals surface area contributed by atoms with Crippen LogP contribution in [0.2, 0.25) is 0 Å². The first-order valence-corrected chi connectivity index (χ1v) is 20.6. The Balaban J connectivity index is 1.19. The number of hydrogen-bond acceptors (Lipinski definition) is 2. The van der Waals surface area contributed by atoms with Gasteiger partial charge in [-0.3, -0.25) is 9.59 Å². The number of aryl methyl sites for hydroxylation is 6. The van der Waals surface area contributed by atoms with Gasteiger partial charge >= 0.3 is 0 Å². The molecule has 8 aromatic carbocycles. The normalized spacial score (nSPS) is 12.5. The molecule has 0 unspecified atom stereocenters. The molecule has 0 bridgehead atoms. The lowest BCUT2D eigenvalue weighted by Crippen LogP contribution is -2.29. The first kappa shape index (κ1) is 37.0. The first-order valence-electron chi connectivity index (χ1n) is 20.6. The summed E-state index contributed by atoms with van der Waals surface area (Å²) in [5.41, 5.74) is 20.0. The monoisotopic (exact) mass is 776 g/mol. The average Bonchev–Trinajstić information content (AvgIpc) is 3.70. The predicted molar refractivity (Wildman–Crippen MR) is 249 cm³/mol. The van der Waals surface area contributed by atoms with Gasteiger partial charge in [-0.05, 0) is 163 Å². The standard InChI is InChI=1S/C56H44N2O2/c1-33-24-35(3)52(36(4)25-33)41-20-22-49-47(31-41)48-32-42(53-37(5)26-34(2)27-38(53)6)21-23-50(48)58(49)51-19-13-18-46-54(51)56(60)57(55(46)59)45-29-43(39-14-9-7-10-15-39)28-44(30-45)40-16-11-8-12-17-40/h7-32H,1-6H3. The molecule has 2 heterocycles. The number of imide groups is 1. The van der Waals surface area contributed by atoms with E-state index in [0.717, 1.165) is 55.2 Å². The summed E-state index contributed by atoms with van der Waals surface area (Å²) in [7, 11) is 0. The van der Waals surface area contributed by atoms with Gasteiger partial charge in [0, 0.05) is 10.8 Å². The Morgan fingerprint density at radius 1 is 0.367 bits per heavy atom. The zero-order valence-electron chi connectivity index (χ0n) is 34.7. The van der Waals surface area contributed by atoms with Gasteiger partial charge in [-0.15, -0.1) is 0 Å². The summed E-state index contributed by atoms with van der Waals surface area (Å²) in [4.78, 5) is 31.1. The lowest BCUT2D eigenvalue weighted by atomic mass is 9.91. The summed E-state index contributed by atoms with van der Waals surface area (Å²) in [6, 6.07) is 54.2. The summed E-state index contributed by atoms with van der Waals surface area (Å²) in [6.07, 6.45) is 0. The molecule has 0 fully saturated rings. The number of carbonyl (C=O) groups excluding carboxylic acids is 2. The van der Waals surface area contributed by atoms with E-state index in [1.807, 2.05) is 60.7 Å². The fourth-order valence-corrected chi connectivity index (χ4v) is 9.89. The van der Waals surface area contributed by atoms with Gasteiger partial charge in [-0.25, -0.2) is 4.90 Å². The molecule has 1 aromatic heterocycles. The number of fused-ring (bicyclic) bond motifs is 4. The smallest absolute Gasteiger partial charge is 0.268 e. The largest absolute Gasteiger partial charge is 0.308 e. The highest BCUT2D eigenvalue weighted by molar-refractivity contribution is 6.36. The van der Waals surface area contributed by atoms with Gasteiger partial charge in [-0.2, -0.15) is 0 Å². The molecule has 0 saturated carbocycles. The number of rotatable bonds is 6. The van der Waals surface area contributed by atoms with Gasteiger partial charge in [0.15, 0.2) is 0 Å². The van der Waals surface area contributed by atoms with Gasteiger partial charge in [-0.1, -0.05) is 114 Å². The molecule has 4 nitrogen and oxygen atoms in total. The zero-order valence-corrected chi connectivity index (χ0v) is 34.7. The minimum absolute atomic E-state index is 0.331. The van der Waals surface area contributed by atoms with Crippen molar-refractivity contribution in [1.82, 2.24) is 4.57 Å². The van der Waals surface area contributed by atoms with E-state index < -0.39 is 0 Å². The van der Waals surface area contributed by atoms with Crippen LogP contribution in [0.4, 0.5) is 5.69 Å². The molecule has 0 atom stereocenters. The lowest BCUT2D eigenvalue weighted by Gasteiger charge is -2.18. The Morgan fingerprint density at radius 3 is 1.30 bits per heavy atom. The summed E-state index contributed by atoms with van der Waals surface area (Å²) < 4.78 is 2.19. The number of carbonyl (C=O) groups is 2. The Kier molecular flexibility index (Phi) is 8.76. The summed E-state index contributed by atoms with van der Waals surface area (Å²) in [5, 5.41) is 2.17. The molecule has 1 aliphatic heterocycles. The van der Waals surface area contributed by atoms with Crippen LogP contribution in [0, 0.1) is 41.5 Å². The summed E-state index contributed by atoms with van der Waals surface area (Å²) in [6.45, 7) is 13.0. The Morgan fingerprint density at radius 2 is 0.833 bits per heavy atom. The number of amides is 2. The molecule has 0 N–H and O–H groups in total. The van der Waals surface area contributed by atoms with Crippen molar-refractivity contribution >= 4 is 39.3 Å². The number of nitrogens with zero attached hydrogens (tertiary/aromatic N) is 2. The molecular weight excluding hydrogens is 733 g/mol. The van der Waals surface area contributed by atoms with Crippen LogP contribution in [-0.2, 0) is 0 Å². The number of anilines is 1. The third kappa shape index (κ3) is 5.98. The minimum atomic E-state index is -0.338. The maximum Gasteiger partial charge on any atom is 0.268 e. The van der Waals surface area contributed by atoms with Gasteiger partial charge in [0.05, 0.1) is 33.5 Å². The second kappa shape index (κ2) is 14.2. The van der Waals surface area contributed by atoms with Crippen LogP contribution >= 0.6 is 0 Å². The maximum atomic E-state index is 15.1. The van der Waals surface area contributed by atoms with Crippen LogP contribution in [0.1, 0.15) is 54.1 Å². The van der Waals surface area contributed by atoms with E-state index >= 15 is 4.79 Å². The van der Waals surface area contributed by atoms with Crippen molar-refractivity contribution in [3.8, 4) is 50.2 Å². The average molecular weight is 777 g/mol. The number of benzene rings is 8. The third-order valence-electron chi connectivity index (χ3n) is 12.2. The SMILES string of the molecule is Cc1cc(C)c(-c2ccc3c(c2)c2cc(-c4c(C)cc(C)cc4C)ccc2n3-c2cccc3c2C(=O)N(c2cc(-c4ccccc4)cc(-c4ccccc4)c2)C3=O)c(C)c1. The van der Waals surface area contributed by atoms with Crippen molar-refractivity contribution in [3.63, 3.8) is 0 Å². The molecule has 0 saturated heterocycles. The first-order chi connectivity index (χ1) is 29.0. The van der Waals surface area contributed by atoms with Crippen molar-refractivity contribution in [1.29, 1.82) is 0 Å². The molecule has 60 heavy (non-hydrogen) atoms. The van der Waals surface area contributed by atoms with E-state index in [1.54, 1.807) is 6.07 Å². The van der Waals surface area contributed by atoms with Crippen LogP contribution in [0.3, 0.4) is 0 Å². The van der Waals surface area contributed by atoms with E-state index in [9.17, 15) is 4.79 Å². The van der Waals surface area contributed by atoms with Gasteiger partial charge in [0.2, 0.25) is 0 Å². The summed E-state index contributed by atoms with van der Waals surface area (Å²) in [5.74, 6) is -0.670. The van der Waals surface area contributed by atoms with Crippen LogP contribution in [0.25, 0.3) is 72.0 Å². The van der Waals surface area contributed by atoms with Crippen LogP contribution < -0.4 is 4.90 Å². The zero-order chi connectivity index (χ0) is 41.4. The highest BCUT2D eigenvalue weighted by Gasteiger charge is 2.40. The molecule has 4 heteroatoms. The van der Waals surface area contributed by atoms with E-state index in [4.69, 9.17) is 0 Å². The molecule has 0 radical (unpaired) electrons. The van der Waals surface area contributed by atoms with Crippen molar-refractivity contribution in [3.05, 3.63) is 202 Å². The van der Waals surface area contributed by atoms with E-state index in [-0.39, 0.29) is 11.8 Å². The summed E-state index contributed by atoms with van der Waals surface area (Å²) >= 11 is 0. The topological polar surface area (TPSA) is 42.3 Å². The molecule has 0 spiro atoms. The van der Waals surface area contributed by atoms with Crippen LogP contribution in [-0.4, -0.2) is 16.4 Å². The molecule has 290 valence electrons. The Labute approximate surface area is 351 Å². The molecule has 9 aromatic rings. The van der Waals surface area contributed by atoms with E-state index in [1.165, 1.54) is 49.4 Å². The minimum Gasteiger partial charge on any atom is -0.308 e. The van der Waals surface area contributed by atoms with E-state index in [2.05, 4.69) is 137 Å². The van der Waals surface area contributed by atoms with Crippen molar-refractivity contribution < 1.29 is 9.59 Å². The highest BCUT2D eigenvalue weighted by atomic mass is 16.2.